The van der Waals surface area contributed by atoms with Crippen molar-refractivity contribution in [3.8, 4) is 0 Å². The molecule has 1 aromatic carbocycles. The van der Waals surface area contributed by atoms with Crippen LogP contribution in [-0.4, -0.2) is 39.2 Å². The van der Waals surface area contributed by atoms with Gasteiger partial charge >= 0.3 is 0 Å². The van der Waals surface area contributed by atoms with Crippen molar-refractivity contribution in [2.45, 2.75) is 18.8 Å². The first-order valence-corrected chi connectivity index (χ1v) is 9.17. The molecule has 8 heteroatoms. The number of hydrogen-bond donors (Lipinski definition) is 2. The zero-order chi connectivity index (χ0) is 19.1. The van der Waals surface area contributed by atoms with Crippen LogP contribution in [0.5, 0.6) is 0 Å². The van der Waals surface area contributed by atoms with Gasteiger partial charge in [0.1, 0.15) is 11.3 Å². The number of rotatable bonds is 3. The zero-order valence-corrected chi connectivity index (χ0v) is 15.0. The predicted octanol–water partition coefficient (Wildman–Crippen LogP) is 4.49. The fourth-order valence-electron chi connectivity index (χ4n) is 3.61. The largest absolute Gasteiger partial charge is 0.356 e. The summed E-state index contributed by atoms with van der Waals surface area (Å²) < 4.78 is 27.0. The Bertz CT molecular complexity index is 1150. The first-order chi connectivity index (χ1) is 13.6. The number of fused-ring (bicyclic) bond motifs is 2. The van der Waals surface area contributed by atoms with Crippen LogP contribution >= 0.6 is 0 Å². The average Bonchev–Trinajstić information content (AvgIpc) is 3.10. The number of anilines is 3. The Kier molecular flexibility index (Phi) is 3.85. The zero-order valence-electron chi connectivity index (χ0n) is 15.0. The summed E-state index contributed by atoms with van der Waals surface area (Å²) in [6, 6.07) is 11.6. The second kappa shape index (κ2) is 6.40. The van der Waals surface area contributed by atoms with E-state index in [4.69, 9.17) is 0 Å². The first kappa shape index (κ1) is 16.9. The molecular weight excluding hydrogens is 362 g/mol. The molecule has 0 unspecified atom stereocenters. The molecule has 2 N–H and O–H groups in total. The van der Waals surface area contributed by atoms with E-state index in [1.54, 1.807) is 12.4 Å². The average molecular weight is 380 g/mol. The van der Waals surface area contributed by atoms with Gasteiger partial charge in [-0.1, -0.05) is 0 Å². The summed E-state index contributed by atoms with van der Waals surface area (Å²) in [7, 11) is 0. The van der Waals surface area contributed by atoms with Crippen LogP contribution < -0.4 is 10.2 Å². The van der Waals surface area contributed by atoms with Gasteiger partial charge in [-0.25, -0.2) is 13.8 Å². The van der Waals surface area contributed by atoms with E-state index in [1.807, 2.05) is 41.3 Å². The Morgan fingerprint density at radius 3 is 2.75 bits per heavy atom. The molecule has 1 fully saturated rings. The number of piperidine rings is 1. The molecule has 0 aliphatic carbocycles. The second-order valence-electron chi connectivity index (χ2n) is 7.01. The third-order valence-corrected chi connectivity index (χ3v) is 5.12. The fourth-order valence-corrected chi connectivity index (χ4v) is 3.61. The Labute approximate surface area is 159 Å². The molecule has 3 aromatic heterocycles. The summed E-state index contributed by atoms with van der Waals surface area (Å²) in [6.45, 7) is 0.619. The SMILES string of the molecule is FC1(F)CCN(c2nccc3cc(Nc4n[nH]c5cccnc45)ccc23)CC1. The minimum Gasteiger partial charge on any atom is -0.356 e. The second-order valence-corrected chi connectivity index (χ2v) is 7.01. The summed E-state index contributed by atoms with van der Waals surface area (Å²) in [4.78, 5) is 10.8. The van der Waals surface area contributed by atoms with E-state index in [1.165, 1.54) is 0 Å². The first-order valence-electron chi connectivity index (χ1n) is 9.17. The third kappa shape index (κ3) is 3.00. The maximum atomic E-state index is 13.5. The molecule has 0 spiro atoms. The number of halogens is 2. The minimum absolute atomic E-state index is 0.135. The molecule has 1 aliphatic heterocycles. The highest BCUT2D eigenvalue weighted by molar-refractivity contribution is 5.95. The van der Waals surface area contributed by atoms with Gasteiger partial charge in [0.25, 0.3) is 5.92 Å². The molecular formula is C20H18F2N6. The normalized spacial score (nSPS) is 16.6. The Balaban J connectivity index is 1.45. The van der Waals surface area contributed by atoms with Gasteiger partial charge in [0.15, 0.2) is 5.82 Å². The van der Waals surface area contributed by atoms with Crippen molar-refractivity contribution in [3.05, 3.63) is 48.8 Å². The van der Waals surface area contributed by atoms with E-state index in [0.29, 0.717) is 18.9 Å². The molecule has 0 bridgehead atoms. The van der Waals surface area contributed by atoms with E-state index in [9.17, 15) is 8.78 Å². The molecule has 0 saturated carbocycles. The van der Waals surface area contributed by atoms with Crippen LogP contribution in [0.4, 0.5) is 26.1 Å². The van der Waals surface area contributed by atoms with Gasteiger partial charge in [0.2, 0.25) is 0 Å². The highest BCUT2D eigenvalue weighted by Gasteiger charge is 2.34. The third-order valence-electron chi connectivity index (χ3n) is 5.12. The number of H-pyrrole nitrogens is 1. The molecule has 6 nitrogen and oxygen atoms in total. The van der Waals surface area contributed by atoms with E-state index >= 15 is 0 Å². The predicted molar refractivity (Wildman–Crippen MR) is 105 cm³/mol. The number of aromatic nitrogens is 4. The van der Waals surface area contributed by atoms with Crippen molar-refractivity contribution in [3.63, 3.8) is 0 Å². The van der Waals surface area contributed by atoms with Gasteiger partial charge in [0, 0.05) is 49.4 Å². The quantitative estimate of drug-likeness (QED) is 0.548. The van der Waals surface area contributed by atoms with Crippen LogP contribution in [0, 0.1) is 0 Å². The summed E-state index contributed by atoms with van der Waals surface area (Å²) in [5.74, 6) is -1.16. The van der Waals surface area contributed by atoms with Gasteiger partial charge < -0.3 is 10.2 Å². The van der Waals surface area contributed by atoms with Gasteiger partial charge in [-0.15, -0.1) is 0 Å². The lowest BCUT2D eigenvalue weighted by atomic mass is 10.1. The Morgan fingerprint density at radius 2 is 1.89 bits per heavy atom. The Morgan fingerprint density at radius 1 is 1.04 bits per heavy atom. The van der Waals surface area contributed by atoms with Crippen molar-refractivity contribution in [1.29, 1.82) is 0 Å². The fraction of sp³-hybridized carbons (Fsp3) is 0.250. The highest BCUT2D eigenvalue weighted by Crippen LogP contribution is 2.34. The molecule has 142 valence electrons. The minimum atomic E-state index is -2.57. The van der Waals surface area contributed by atoms with Gasteiger partial charge in [-0.05, 0) is 41.8 Å². The van der Waals surface area contributed by atoms with Crippen LogP contribution in [0.3, 0.4) is 0 Å². The number of alkyl halides is 2. The maximum Gasteiger partial charge on any atom is 0.251 e. The summed E-state index contributed by atoms with van der Waals surface area (Å²) in [5, 5.41) is 12.5. The Hall–Kier alpha value is -3.29. The number of aromatic amines is 1. The lowest BCUT2D eigenvalue weighted by Crippen LogP contribution is -2.39. The smallest absolute Gasteiger partial charge is 0.251 e. The van der Waals surface area contributed by atoms with Crippen molar-refractivity contribution in [1.82, 2.24) is 20.2 Å². The number of benzene rings is 1. The van der Waals surface area contributed by atoms with Crippen molar-refractivity contribution in [2.75, 3.05) is 23.3 Å². The number of nitrogens with zero attached hydrogens (tertiary/aromatic N) is 4. The number of nitrogens with one attached hydrogen (secondary N) is 2. The topological polar surface area (TPSA) is 69.7 Å². The van der Waals surface area contributed by atoms with Crippen molar-refractivity contribution in [2.24, 2.45) is 0 Å². The van der Waals surface area contributed by atoms with E-state index in [0.717, 1.165) is 33.3 Å². The van der Waals surface area contributed by atoms with Crippen molar-refractivity contribution >= 4 is 39.1 Å². The summed E-state index contributed by atoms with van der Waals surface area (Å²) in [5.41, 5.74) is 2.50. The van der Waals surface area contributed by atoms with Crippen LogP contribution in [-0.2, 0) is 0 Å². The number of hydrogen-bond acceptors (Lipinski definition) is 5. The molecule has 1 saturated heterocycles. The van der Waals surface area contributed by atoms with Gasteiger partial charge in [0.05, 0.1) is 5.52 Å². The highest BCUT2D eigenvalue weighted by atomic mass is 19.3. The molecule has 0 amide bonds. The van der Waals surface area contributed by atoms with Crippen LogP contribution in [0.15, 0.2) is 48.8 Å². The van der Waals surface area contributed by atoms with Crippen molar-refractivity contribution < 1.29 is 8.78 Å². The molecule has 4 aromatic rings. The number of pyridine rings is 2. The van der Waals surface area contributed by atoms with Crippen LogP contribution in [0.25, 0.3) is 21.8 Å². The maximum absolute atomic E-state index is 13.5. The van der Waals surface area contributed by atoms with Crippen LogP contribution in [0.2, 0.25) is 0 Å². The summed E-state index contributed by atoms with van der Waals surface area (Å²) in [6.07, 6.45) is 3.18. The standard InChI is InChI=1S/C20H18F2N6/c21-20(22)6-10-28(11-7-20)19-15-4-3-14(12-13(15)5-9-24-19)25-18-17-16(26-27-18)2-1-8-23-17/h1-5,8-9,12H,6-7,10-11H2,(H2,25,26,27). The van der Waals surface area contributed by atoms with Gasteiger partial charge in [-0.2, -0.15) is 5.10 Å². The lowest BCUT2D eigenvalue weighted by Gasteiger charge is -2.33. The monoisotopic (exact) mass is 380 g/mol. The van der Waals surface area contributed by atoms with Gasteiger partial charge in [-0.3, -0.25) is 10.1 Å². The molecule has 0 atom stereocenters. The van der Waals surface area contributed by atoms with E-state index < -0.39 is 5.92 Å². The van der Waals surface area contributed by atoms with E-state index in [2.05, 4.69) is 25.5 Å². The lowest BCUT2D eigenvalue weighted by molar-refractivity contribution is -0.0221. The molecule has 5 rings (SSSR count). The molecule has 4 heterocycles. The molecule has 1 aliphatic rings. The molecule has 0 radical (unpaired) electrons. The van der Waals surface area contributed by atoms with E-state index in [-0.39, 0.29) is 12.8 Å². The summed E-state index contributed by atoms with van der Waals surface area (Å²) >= 11 is 0. The van der Waals surface area contributed by atoms with Crippen LogP contribution in [0.1, 0.15) is 12.8 Å². The molecule has 28 heavy (non-hydrogen) atoms.